The fourth-order valence-corrected chi connectivity index (χ4v) is 2.90. The number of ether oxygens (including phenoxy) is 2. The Balaban J connectivity index is 1.49. The molecule has 0 saturated heterocycles. The van der Waals surface area contributed by atoms with Gasteiger partial charge in [0.2, 0.25) is 0 Å². The van der Waals surface area contributed by atoms with E-state index >= 15 is 0 Å². The fraction of sp³-hybridized carbons (Fsp3) is 0.200. The first-order valence-electron chi connectivity index (χ1n) is 8.51. The van der Waals surface area contributed by atoms with E-state index < -0.39 is 0 Å². The van der Waals surface area contributed by atoms with Crippen LogP contribution < -0.4 is 20.1 Å². The molecule has 2 N–H and O–H groups in total. The Bertz CT molecular complexity index is 944. The number of fused-ring (bicyclic) bond motifs is 1. The average molecular weight is 421 g/mol. The molecule has 28 heavy (non-hydrogen) atoms. The number of carbonyl (C=O) groups excluding carboxylic acids is 2. The second-order valence-electron chi connectivity index (χ2n) is 6.00. The summed E-state index contributed by atoms with van der Waals surface area (Å²) in [5, 5.41) is 6.16. The van der Waals surface area contributed by atoms with Crippen LogP contribution in [0.3, 0.4) is 0 Å². The highest BCUT2D eigenvalue weighted by Crippen LogP contribution is 2.30. The van der Waals surface area contributed by atoms with Crippen molar-refractivity contribution in [2.24, 2.45) is 0 Å². The first kappa shape index (κ1) is 20.0. The number of hydrogen-bond acceptors (Lipinski definition) is 4. The third kappa shape index (κ3) is 4.77. The standard InChI is InChI=1S/C20H18Cl2N2O4/c1-27-15-4-2-12-8-14(11-28-18(12)10-15)20(26)24-7-6-23-19(25)13-3-5-16(21)17(22)9-13/h2-5,8-10H,6-7,11H2,1H3,(H,23,25)(H,24,26). The van der Waals surface area contributed by atoms with E-state index in [0.717, 1.165) is 5.56 Å². The number of hydrogen-bond donors (Lipinski definition) is 2. The van der Waals surface area contributed by atoms with Gasteiger partial charge in [0.05, 0.1) is 22.7 Å². The molecule has 0 spiro atoms. The van der Waals surface area contributed by atoms with Crippen LogP contribution in [0.25, 0.3) is 6.08 Å². The molecule has 0 aromatic heterocycles. The zero-order valence-corrected chi connectivity index (χ0v) is 16.6. The number of benzene rings is 2. The maximum Gasteiger partial charge on any atom is 0.251 e. The third-order valence-electron chi connectivity index (χ3n) is 4.10. The molecule has 0 bridgehead atoms. The normalized spacial score (nSPS) is 12.3. The smallest absolute Gasteiger partial charge is 0.251 e. The van der Waals surface area contributed by atoms with Gasteiger partial charge in [0.15, 0.2) is 0 Å². The van der Waals surface area contributed by atoms with Crippen molar-refractivity contribution in [1.82, 2.24) is 10.6 Å². The summed E-state index contributed by atoms with van der Waals surface area (Å²) in [6, 6.07) is 10.0. The highest BCUT2D eigenvalue weighted by atomic mass is 35.5. The van der Waals surface area contributed by atoms with Crippen molar-refractivity contribution >= 4 is 41.1 Å². The topological polar surface area (TPSA) is 76.7 Å². The molecule has 0 radical (unpaired) electrons. The Morgan fingerprint density at radius 1 is 1.04 bits per heavy atom. The second kappa shape index (κ2) is 8.99. The fourth-order valence-electron chi connectivity index (χ4n) is 2.61. The molecule has 0 unspecified atom stereocenters. The first-order valence-corrected chi connectivity index (χ1v) is 9.26. The Morgan fingerprint density at radius 2 is 1.79 bits per heavy atom. The van der Waals surface area contributed by atoms with Crippen molar-refractivity contribution in [1.29, 1.82) is 0 Å². The molecular weight excluding hydrogens is 403 g/mol. The highest BCUT2D eigenvalue weighted by molar-refractivity contribution is 6.42. The van der Waals surface area contributed by atoms with Crippen LogP contribution in [0.15, 0.2) is 42.0 Å². The molecule has 2 aromatic carbocycles. The van der Waals surface area contributed by atoms with Gasteiger partial charge < -0.3 is 20.1 Å². The average Bonchev–Trinajstić information content (AvgIpc) is 2.72. The van der Waals surface area contributed by atoms with Crippen LogP contribution in [-0.2, 0) is 4.79 Å². The minimum Gasteiger partial charge on any atom is -0.497 e. The molecule has 8 heteroatoms. The number of rotatable bonds is 6. The molecule has 0 fully saturated rings. The van der Waals surface area contributed by atoms with Crippen LogP contribution in [-0.4, -0.2) is 38.6 Å². The van der Waals surface area contributed by atoms with Crippen LogP contribution >= 0.6 is 23.2 Å². The number of nitrogens with one attached hydrogen (secondary N) is 2. The van der Waals surface area contributed by atoms with Gasteiger partial charge in [-0.2, -0.15) is 0 Å². The van der Waals surface area contributed by atoms with Gasteiger partial charge in [-0.05, 0) is 36.4 Å². The summed E-state index contributed by atoms with van der Waals surface area (Å²) in [4.78, 5) is 24.4. The summed E-state index contributed by atoms with van der Waals surface area (Å²) >= 11 is 11.7. The summed E-state index contributed by atoms with van der Waals surface area (Å²) < 4.78 is 10.8. The minimum absolute atomic E-state index is 0.168. The van der Waals surface area contributed by atoms with Gasteiger partial charge in [-0.15, -0.1) is 0 Å². The Morgan fingerprint density at radius 3 is 2.50 bits per heavy atom. The summed E-state index contributed by atoms with van der Waals surface area (Å²) in [7, 11) is 1.58. The summed E-state index contributed by atoms with van der Waals surface area (Å²) in [6.07, 6.45) is 1.78. The van der Waals surface area contributed by atoms with E-state index in [9.17, 15) is 9.59 Å². The molecule has 2 amide bonds. The number of carbonyl (C=O) groups is 2. The van der Waals surface area contributed by atoms with Gasteiger partial charge >= 0.3 is 0 Å². The number of methoxy groups -OCH3 is 1. The van der Waals surface area contributed by atoms with Gasteiger partial charge in [-0.25, -0.2) is 0 Å². The molecule has 146 valence electrons. The zero-order valence-electron chi connectivity index (χ0n) is 15.1. The van der Waals surface area contributed by atoms with E-state index in [1.54, 1.807) is 37.5 Å². The molecule has 0 aliphatic carbocycles. The summed E-state index contributed by atoms with van der Waals surface area (Å²) in [6.45, 7) is 0.715. The largest absolute Gasteiger partial charge is 0.497 e. The predicted molar refractivity (Wildman–Crippen MR) is 108 cm³/mol. The van der Waals surface area contributed by atoms with E-state index in [1.165, 1.54) is 6.07 Å². The van der Waals surface area contributed by atoms with E-state index in [0.29, 0.717) is 32.7 Å². The van der Waals surface area contributed by atoms with Crippen molar-refractivity contribution in [3.05, 3.63) is 63.1 Å². The summed E-state index contributed by atoms with van der Waals surface area (Å²) in [5.41, 5.74) is 1.72. The van der Waals surface area contributed by atoms with Crippen molar-refractivity contribution in [3.8, 4) is 11.5 Å². The molecule has 1 heterocycles. The third-order valence-corrected chi connectivity index (χ3v) is 4.84. The monoisotopic (exact) mass is 420 g/mol. The zero-order chi connectivity index (χ0) is 20.1. The lowest BCUT2D eigenvalue weighted by Crippen LogP contribution is -2.36. The van der Waals surface area contributed by atoms with Crippen LogP contribution in [0.2, 0.25) is 10.0 Å². The second-order valence-corrected chi connectivity index (χ2v) is 6.82. The quantitative estimate of drug-likeness (QED) is 0.702. The predicted octanol–water partition coefficient (Wildman–Crippen LogP) is 3.32. The van der Waals surface area contributed by atoms with Gasteiger partial charge in [0, 0.05) is 30.3 Å². The van der Waals surface area contributed by atoms with Crippen LogP contribution in [0.1, 0.15) is 15.9 Å². The SMILES string of the molecule is COc1ccc2c(c1)OCC(C(=O)NCCNC(=O)c1ccc(Cl)c(Cl)c1)=C2. The van der Waals surface area contributed by atoms with Crippen LogP contribution in [0, 0.1) is 0 Å². The van der Waals surface area contributed by atoms with E-state index in [1.807, 2.05) is 6.07 Å². The van der Waals surface area contributed by atoms with Crippen molar-refractivity contribution < 1.29 is 19.1 Å². The Labute approximate surface area is 172 Å². The number of amides is 2. The molecule has 6 nitrogen and oxygen atoms in total. The molecule has 1 aliphatic heterocycles. The van der Waals surface area contributed by atoms with Gasteiger partial charge in [-0.3, -0.25) is 9.59 Å². The van der Waals surface area contributed by atoms with Crippen molar-refractivity contribution in [2.45, 2.75) is 0 Å². The molecular formula is C20H18Cl2N2O4. The van der Waals surface area contributed by atoms with Crippen LogP contribution in [0.4, 0.5) is 0 Å². The molecule has 0 saturated carbocycles. The number of halogens is 2. The molecule has 0 atom stereocenters. The maximum atomic E-state index is 12.3. The van der Waals surface area contributed by atoms with E-state index in [2.05, 4.69) is 10.6 Å². The van der Waals surface area contributed by atoms with Gasteiger partial charge in [0.25, 0.3) is 11.8 Å². The highest BCUT2D eigenvalue weighted by Gasteiger charge is 2.17. The molecule has 2 aromatic rings. The summed E-state index contributed by atoms with van der Waals surface area (Å²) in [5.74, 6) is 0.823. The molecule has 1 aliphatic rings. The lowest BCUT2D eigenvalue weighted by atomic mass is 10.1. The Hall–Kier alpha value is -2.70. The maximum absolute atomic E-state index is 12.3. The first-order chi connectivity index (χ1) is 13.5. The van der Waals surface area contributed by atoms with E-state index in [4.69, 9.17) is 32.7 Å². The van der Waals surface area contributed by atoms with Crippen molar-refractivity contribution in [2.75, 3.05) is 26.8 Å². The van der Waals surface area contributed by atoms with Crippen molar-refractivity contribution in [3.63, 3.8) is 0 Å². The molecule has 3 rings (SSSR count). The lowest BCUT2D eigenvalue weighted by molar-refractivity contribution is -0.117. The Kier molecular flexibility index (Phi) is 6.44. The van der Waals surface area contributed by atoms with Gasteiger partial charge in [0.1, 0.15) is 18.1 Å². The van der Waals surface area contributed by atoms with Crippen LogP contribution in [0.5, 0.6) is 11.5 Å². The minimum atomic E-state index is -0.295. The van der Waals surface area contributed by atoms with E-state index in [-0.39, 0.29) is 31.5 Å². The lowest BCUT2D eigenvalue weighted by Gasteiger charge is -2.18. The van der Waals surface area contributed by atoms with Gasteiger partial charge in [-0.1, -0.05) is 23.2 Å².